The standard InChI is InChI=1S/C22H19N3O4S2/c1-3-24-21(28)19(31-22(24)30)18-15-6-4-5-7-16(15)25(20(18)27)12-17(26)23-13-8-10-14(29-2)11-9-13/h4-11H,3,12H2,1-2H3,(H,23,26)/b19-18-. The Hall–Kier alpha value is -3.17. The monoisotopic (exact) mass is 453 g/mol. The normalized spacial score (nSPS) is 17.9. The number of hydrogen-bond acceptors (Lipinski definition) is 6. The summed E-state index contributed by atoms with van der Waals surface area (Å²) in [5.74, 6) is -0.339. The number of likely N-dealkylation sites (N-methyl/N-ethyl adjacent to an activating group) is 1. The SMILES string of the molecule is CCN1C(=O)/C(=C2/C(=O)N(CC(=O)Nc3ccc(OC)cc3)c3ccccc32)SC1=S. The van der Waals surface area contributed by atoms with Gasteiger partial charge < -0.3 is 10.1 Å². The molecule has 1 fully saturated rings. The van der Waals surface area contributed by atoms with Gasteiger partial charge in [-0.15, -0.1) is 0 Å². The van der Waals surface area contributed by atoms with Crippen molar-refractivity contribution >= 4 is 63.0 Å². The first-order valence-corrected chi connectivity index (χ1v) is 10.8. The van der Waals surface area contributed by atoms with Crippen molar-refractivity contribution in [3.8, 4) is 5.75 Å². The minimum absolute atomic E-state index is 0.181. The maximum atomic E-state index is 13.3. The lowest BCUT2D eigenvalue weighted by molar-refractivity contribution is -0.122. The number of amides is 3. The molecule has 0 spiro atoms. The minimum Gasteiger partial charge on any atom is -0.497 e. The Morgan fingerprint density at radius 3 is 2.42 bits per heavy atom. The lowest BCUT2D eigenvalue weighted by atomic mass is 10.1. The summed E-state index contributed by atoms with van der Waals surface area (Å²) in [4.78, 5) is 42.0. The molecule has 0 aromatic heterocycles. The number of para-hydroxylation sites is 1. The zero-order valence-electron chi connectivity index (χ0n) is 16.9. The maximum Gasteiger partial charge on any atom is 0.266 e. The molecule has 2 aliphatic heterocycles. The second-order valence-electron chi connectivity index (χ2n) is 6.81. The average Bonchev–Trinajstić information content (AvgIpc) is 3.20. The summed E-state index contributed by atoms with van der Waals surface area (Å²) in [7, 11) is 1.57. The quantitative estimate of drug-likeness (QED) is 0.553. The van der Waals surface area contributed by atoms with Gasteiger partial charge in [-0.3, -0.25) is 24.2 Å². The molecule has 0 saturated carbocycles. The molecule has 0 aliphatic carbocycles. The summed E-state index contributed by atoms with van der Waals surface area (Å²) in [6.45, 7) is 2.09. The summed E-state index contributed by atoms with van der Waals surface area (Å²) in [5.41, 5.74) is 2.10. The Labute approximate surface area is 189 Å². The molecule has 2 aromatic rings. The first-order chi connectivity index (χ1) is 14.9. The second-order valence-corrected chi connectivity index (χ2v) is 8.45. The number of benzene rings is 2. The fourth-order valence-electron chi connectivity index (χ4n) is 3.50. The van der Waals surface area contributed by atoms with E-state index in [0.29, 0.717) is 44.0 Å². The van der Waals surface area contributed by atoms with Gasteiger partial charge in [0, 0.05) is 17.8 Å². The van der Waals surface area contributed by atoms with Crippen molar-refractivity contribution in [2.45, 2.75) is 6.92 Å². The highest BCUT2D eigenvalue weighted by atomic mass is 32.2. The molecule has 31 heavy (non-hydrogen) atoms. The number of methoxy groups -OCH3 is 1. The van der Waals surface area contributed by atoms with Crippen molar-refractivity contribution in [3.63, 3.8) is 0 Å². The van der Waals surface area contributed by atoms with Crippen molar-refractivity contribution in [1.29, 1.82) is 0 Å². The Morgan fingerprint density at radius 2 is 1.77 bits per heavy atom. The topological polar surface area (TPSA) is 79.0 Å². The first-order valence-electron chi connectivity index (χ1n) is 9.57. The highest BCUT2D eigenvalue weighted by Gasteiger charge is 2.41. The summed E-state index contributed by atoms with van der Waals surface area (Å²) in [6.07, 6.45) is 0. The molecule has 0 bridgehead atoms. The smallest absolute Gasteiger partial charge is 0.266 e. The van der Waals surface area contributed by atoms with E-state index in [1.165, 1.54) is 9.80 Å². The molecule has 3 amide bonds. The molecule has 2 heterocycles. The van der Waals surface area contributed by atoms with Crippen LogP contribution in [0.2, 0.25) is 0 Å². The third-order valence-corrected chi connectivity index (χ3v) is 6.44. The summed E-state index contributed by atoms with van der Waals surface area (Å²) in [5, 5.41) is 2.78. The number of carbonyl (C=O) groups excluding carboxylic acids is 3. The summed E-state index contributed by atoms with van der Waals surface area (Å²) >= 11 is 6.42. The summed E-state index contributed by atoms with van der Waals surface area (Å²) < 4.78 is 5.54. The number of rotatable bonds is 5. The van der Waals surface area contributed by atoms with Crippen LogP contribution < -0.4 is 15.0 Å². The van der Waals surface area contributed by atoms with Gasteiger partial charge >= 0.3 is 0 Å². The molecule has 4 rings (SSSR count). The zero-order chi connectivity index (χ0) is 22.1. The van der Waals surface area contributed by atoms with E-state index in [4.69, 9.17) is 17.0 Å². The number of thioether (sulfide) groups is 1. The van der Waals surface area contributed by atoms with Crippen LogP contribution in [0.1, 0.15) is 12.5 Å². The Kier molecular flexibility index (Phi) is 5.79. The van der Waals surface area contributed by atoms with E-state index in [-0.39, 0.29) is 24.3 Å². The van der Waals surface area contributed by atoms with Crippen molar-refractivity contribution in [2.24, 2.45) is 0 Å². The number of thiocarbonyl (C=S) groups is 1. The van der Waals surface area contributed by atoms with E-state index in [9.17, 15) is 14.4 Å². The minimum atomic E-state index is -0.386. The summed E-state index contributed by atoms with van der Waals surface area (Å²) in [6, 6.07) is 14.0. The fourth-order valence-corrected chi connectivity index (χ4v) is 4.95. The molecule has 7 nitrogen and oxygen atoms in total. The van der Waals surface area contributed by atoms with Crippen LogP contribution in [0.25, 0.3) is 5.57 Å². The van der Waals surface area contributed by atoms with Crippen molar-refractivity contribution in [2.75, 3.05) is 30.4 Å². The predicted molar refractivity (Wildman–Crippen MR) is 125 cm³/mol. The molecule has 0 radical (unpaired) electrons. The van der Waals surface area contributed by atoms with Gasteiger partial charge in [0.15, 0.2) is 0 Å². The van der Waals surface area contributed by atoms with Crippen LogP contribution in [0.4, 0.5) is 11.4 Å². The van der Waals surface area contributed by atoms with Crippen LogP contribution in [0.15, 0.2) is 53.4 Å². The number of hydrogen-bond donors (Lipinski definition) is 1. The van der Waals surface area contributed by atoms with E-state index in [1.54, 1.807) is 55.6 Å². The number of nitrogens with one attached hydrogen (secondary N) is 1. The van der Waals surface area contributed by atoms with Gasteiger partial charge in [-0.25, -0.2) is 0 Å². The molecular formula is C22H19N3O4S2. The highest BCUT2D eigenvalue weighted by Crippen LogP contribution is 2.44. The molecule has 9 heteroatoms. The van der Waals surface area contributed by atoms with Crippen LogP contribution in [-0.2, 0) is 14.4 Å². The Morgan fingerprint density at radius 1 is 1.06 bits per heavy atom. The number of fused-ring (bicyclic) bond motifs is 1. The number of carbonyl (C=O) groups is 3. The fraction of sp³-hybridized carbons (Fsp3) is 0.182. The highest BCUT2D eigenvalue weighted by molar-refractivity contribution is 8.26. The maximum absolute atomic E-state index is 13.3. The Balaban J connectivity index is 1.62. The number of ether oxygens (including phenoxy) is 1. The third-order valence-electron chi connectivity index (χ3n) is 4.99. The van der Waals surface area contributed by atoms with E-state index in [1.807, 2.05) is 6.92 Å². The van der Waals surface area contributed by atoms with Gasteiger partial charge in [-0.1, -0.05) is 42.2 Å². The zero-order valence-corrected chi connectivity index (χ0v) is 18.5. The molecule has 1 N–H and O–H groups in total. The largest absolute Gasteiger partial charge is 0.497 e. The van der Waals surface area contributed by atoms with E-state index < -0.39 is 0 Å². The van der Waals surface area contributed by atoms with Crippen LogP contribution >= 0.6 is 24.0 Å². The molecule has 0 unspecified atom stereocenters. The van der Waals surface area contributed by atoms with Gasteiger partial charge in [-0.05, 0) is 37.3 Å². The Bertz CT molecular complexity index is 1130. The van der Waals surface area contributed by atoms with Gasteiger partial charge in [-0.2, -0.15) is 0 Å². The van der Waals surface area contributed by atoms with Crippen LogP contribution in [0, 0.1) is 0 Å². The molecule has 1 saturated heterocycles. The molecule has 2 aromatic carbocycles. The van der Waals surface area contributed by atoms with Gasteiger partial charge in [0.2, 0.25) is 5.91 Å². The molecular weight excluding hydrogens is 434 g/mol. The first kappa shape index (κ1) is 21.1. The van der Waals surface area contributed by atoms with E-state index in [2.05, 4.69) is 5.32 Å². The van der Waals surface area contributed by atoms with E-state index >= 15 is 0 Å². The van der Waals surface area contributed by atoms with Crippen molar-refractivity contribution < 1.29 is 19.1 Å². The van der Waals surface area contributed by atoms with Crippen LogP contribution in [0.5, 0.6) is 5.75 Å². The lowest BCUT2D eigenvalue weighted by Crippen LogP contribution is -2.35. The predicted octanol–water partition coefficient (Wildman–Crippen LogP) is 3.27. The van der Waals surface area contributed by atoms with E-state index in [0.717, 1.165) is 11.8 Å². The molecule has 0 atom stereocenters. The van der Waals surface area contributed by atoms with Crippen molar-refractivity contribution in [3.05, 3.63) is 59.0 Å². The van der Waals surface area contributed by atoms with Gasteiger partial charge in [0.05, 0.1) is 23.3 Å². The average molecular weight is 454 g/mol. The van der Waals surface area contributed by atoms with Crippen LogP contribution in [-0.4, -0.2) is 47.1 Å². The van der Waals surface area contributed by atoms with Crippen molar-refractivity contribution in [1.82, 2.24) is 4.90 Å². The number of anilines is 2. The second kappa shape index (κ2) is 8.52. The molecule has 158 valence electrons. The molecule has 2 aliphatic rings. The third kappa shape index (κ3) is 3.82. The van der Waals surface area contributed by atoms with Gasteiger partial charge in [0.1, 0.15) is 16.6 Å². The van der Waals surface area contributed by atoms with Gasteiger partial charge in [0.25, 0.3) is 11.8 Å². The van der Waals surface area contributed by atoms with Crippen LogP contribution in [0.3, 0.4) is 0 Å². The number of nitrogens with zero attached hydrogens (tertiary/aromatic N) is 2. The lowest BCUT2D eigenvalue weighted by Gasteiger charge is -2.17.